The van der Waals surface area contributed by atoms with Crippen LogP contribution in [-0.2, 0) is 4.79 Å². The molecule has 2 unspecified atom stereocenters. The Morgan fingerprint density at radius 1 is 0.838 bits per heavy atom. The molecule has 192 valence electrons. The van der Waals surface area contributed by atoms with Crippen molar-refractivity contribution in [2.75, 3.05) is 51.3 Å². The maximum atomic E-state index is 13.9. The lowest BCUT2D eigenvalue weighted by atomic mass is 9.87. The monoisotopic (exact) mass is 517 g/mol. The highest BCUT2D eigenvalue weighted by Gasteiger charge is 2.43. The Morgan fingerprint density at radius 2 is 1.51 bits per heavy atom. The van der Waals surface area contributed by atoms with Crippen LogP contribution < -0.4 is 9.64 Å². The smallest absolute Gasteiger partial charge is 0.255 e. The Balaban J connectivity index is 1.34. The van der Waals surface area contributed by atoms with Crippen molar-refractivity contribution in [3.8, 4) is 5.75 Å². The third-order valence-corrected chi connectivity index (χ3v) is 7.88. The second-order valence-corrected chi connectivity index (χ2v) is 10.2. The van der Waals surface area contributed by atoms with Crippen LogP contribution in [-0.4, -0.2) is 68.0 Å². The standard InChI is InChI=1S/C30H32ClN3O3/c1-21-11-13-22(14-12-21)24-19-34(29(35)23-7-3-4-8-26(23)31)20-25(24)30(36)33-17-15-32(16-18-33)27-9-5-6-10-28(27)37-2/h3-14,24-25H,15-20H2,1-2H3. The summed E-state index contributed by atoms with van der Waals surface area (Å²) in [6.07, 6.45) is 0. The number of methoxy groups -OCH3 is 1. The molecule has 5 rings (SSSR count). The number of benzene rings is 3. The zero-order valence-electron chi connectivity index (χ0n) is 21.3. The Bertz CT molecular complexity index is 1270. The number of halogens is 1. The van der Waals surface area contributed by atoms with E-state index in [0.29, 0.717) is 36.8 Å². The maximum Gasteiger partial charge on any atom is 0.255 e. The van der Waals surface area contributed by atoms with E-state index in [0.717, 1.165) is 30.1 Å². The van der Waals surface area contributed by atoms with E-state index in [1.54, 1.807) is 24.1 Å². The number of ether oxygens (including phenoxy) is 1. The second kappa shape index (κ2) is 10.9. The van der Waals surface area contributed by atoms with E-state index in [1.807, 2.05) is 35.2 Å². The summed E-state index contributed by atoms with van der Waals surface area (Å²) in [4.78, 5) is 33.3. The SMILES string of the molecule is COc1ccccc1N1CCN(C(=O)C2CN(C(=O)c3ccccc3Cl)CC2c2ccc(C)cc2)CC1. The largest absolute Gasteiger partial charge is 0.495 e. The van der Waals surface area contributed by atoms with Gasteiger partial charge in [0.2, 0.25) is 5.91 Å². The zero-order valence-corrected chi connectivity index (χ0v) is 22.0. The van der Waals surface area contributed by atoms with Gasteiger partial charge in [-0.05, 0) is 36.8 Å². The fourth-order valence-electron chi connectivity index (χ4n) is 5.47. The van der Waals surface area contributed by atoms with Crippen LogP contribution in [0.1, 0.15) is 27.4 Å². The van der Waals surface area contributed by atoms with Gasteiger partial charge >= 0.3 is 0 Å². The van der Waals surface area contributed by atoms with Crippen molar-refractivity contribution in [1.29, 1.82) is 0 Å². The lowest BCUT2D eigenvalue weighted by Crippen LogP contribution is -2.51. The van der Waals surface area contributed by atoms with E-state index in [1.165, 1.54) is 5.56 Å². The molecule has 0 radical (unpaired) electrons. The highest BCUT2D eigenvalue weighted by atomic mass is 35.5. The summed E-state index contributed by atoms with van der Waals surface area (Å²) in [7, 11) is 1.68. The molecule has 2 heterocycles. The second-order valence-electron chi connectivity index (χ2n) is 9.80. The molecule has 2 amide bonds. The van der Waals surface area contributed by atoms with Gasteiger partial charge < -0.3 is 19.4 Å². The maximum absolute atomic E-state index is 13.9. The Labute approximate surface area is 223 Å². The number of hydrogen-bond donors (Lipinski definition) is 0. The van der Waals surface area contributed by atoms with Gasteiger partial charge in [-0.25, -0.2) is 0 Å². The summed E-state index contributed by atoms with van der Waals surface area (Å²) in [5, 5.41) is 0.432. The summed E-state index contributed by atoms with van der Waals surface area (Å²) < 4.78 is 5.54. The number of para-hydroxylation sites is 2. The fourth-order valence-corrected chi connectivity index (χ4v) is 5.69. The van der Waals surface area contributed by atoms with E-state index in [2.05, 4.69) is 42.2 Å². The van der Waals surface area contributed by atoms with Crippen LogP contribution in [0.15, 0.2) is 72.8 Å². The highest BCUT2D eigenvalue weighted by Crippen LogP contribution is 2.36. The van der Waals surface area contributed by atoms with Crippen LogP contribution in [0, 0.1) is 12.8 Å². The van der Waals surface area contributed by atoms with Crippen LogP contribution in [0.5, 0.6) is 5.75 Å². The first-order valence-corrected chi connectivity index (χ1v) is 13.1. The third kappa shape index (κ3) is 5.16. The number of likely N-dealkylation sites (tertiary alicyclic amines) is 1. The van der Waals surface area contributed by atoms with Gasteiger partial charge in [-0.2, -0.15) is 0 Å². The molecular formula is C30H32ClN3O3. The molecule has 6 nitrogen and oxygen atoms in total. The molecule has 3 aromatic rings. The molecule has 0 spiro atoms. The van der Waals surface area contributed by atoms with Crippen molar-refractivity contribution >= 4 is 29.1 Å². The molecule has 7 heteroatoms. The van der Waals surface area contributed by atoms with Gasteiger partial charge in [-0.1, -0.05) is 65.7 Å². The number of aryl methyl sites for hydroxylation is 1. The van der Waals surface area contributed by atoms with Crippen LogP contribution in [0.2, 0.25) is 5.02 Å². The molecule has 3 aromatic carbocycles. The highest BCUT2D eigenvalue weighted by molar-refractivity contribution is 6.33. The van der Waals surface area contributed by atoms with Gasteiger partial charge in [0.05, 0.1) is 29.3 Å². The number of carbonyl (C=O) groups excluding carboxylic acids is 2. The van der Waals surface area contributed by atoms with Gasteiger partial charge in [0, 0.05) is 45.2 Å². The van der Waals surface area contributed by atoms with Crippen molar-refractivity contribution in [3.63, 3.8) is 0 Å². The molecule has 2 atom stereocenters. The molecule has 2 aliphatic heterocycles. The van der Waals surface area contributed by atoms with E-state index in [4.69, 9.17) is 16.3 Å². The minimum Gasteiger partial charge on any atom is -0.495 e. The quantitative estimate of drug-likeness (QED) is 0.485. The van der Waals surface area contributed by atoms with Crippen molar-refractivity contribution in [2.24, 2.45) is 5.92 Å². The van der Waals surface area contributed by atoms with Crippen LogP contribution in [0.3, 0.4) is 0 Å². The minimum absolute atomic E-state index is 0.0632. The fraction of sp³-hybridized carbons (Fsp3) is 0.333. The summed E-state index contributed by atoms with van der Waals surface area (Å²) >= 11 is 6.34. The zero-order chi connectivity index (χ0) is 25.9. The van der Waals surface area contributed by atoms with E-state index in [9.17, 15) is 9.59 Å². The third-order valence-electron chi connectivity index (χ3n) is 7.55. The predicted molar refractivity (Wildman–Crippen MR) is 147 cm³/mol. The Kier molecular flexibility index (Phi) is 7.38. The molecule has 2 saturated heterocycles. The van der Waals surface area contributed by atoms with E-state index < -0.39 is 0 Å². The first kappa shape index (κ1) is 25.2. The number of nitrogens with zero attached hydrogens (tertiary/aromatic N) is 3. The molecular weight excluding hydrogens is 486 g/mol. The van der Waals surface area contributed by atoms with Crippen molar-refractivity contribution in [1.82, 2.24) is 9.80 Å². The van der Waals surface area contributed by atoms with Crippen LogP contribution >= 0.6 is 11.6 Å². The average molecular weight is 518 g/mol. The predicted octanol–water partition coefficient (Wildman–Crippen LogP) is 4.86. The van der Waals surface area contributed by atoms with Gasteiger partial charge in [-0.3, -0.25) is 9.59 Å². The molecule has 2 fully saturated rings. The van der Waals surface area contributed by atoms with E-state index >= 15 is 0 Å². The van der Waals surface area contributed by atoms with Gasteiger partial charge in [-0.15, -0.1) is 0 Å². The van der Waals surface area contributed by atoms with Gasteiger partial charge in [0.15, 0.2) is 0 Å². The number of piperazine rings is 1. The first-order chi connectivity index (χ1) is 18.0. The molecule has 2 aliphatic rings. The molecule has 0 N–H and O–H groups in total. The van der Waals surface area contributed by atoms with Gasteiger partial charge in [0.1, 0.15) is 5.75 Å². The Hall–Kier alpha value is -3.51. The molecule has 37 heavy (non-hydrogen) atoms. The summed E-state index contributed by atoms with van der Waals surface area (Å²) in [6, 6.07) is 23.4. The molecule has 0 aliphatic carbocycles. The number of amides is 2. The minimum atomic E-state index is -0.299. The number of anilines is 1. The number of hydrogen-bond acceptors (Lipinski definition) is 4. The van der Waals surface area contributed by atoms with Gasteiger partial charge in [0.25, 0.3) is 5.91 Å². The summed E-state index contributed by atoms with van der Waals surface area (Å²) in [5.74, 6) is 0.462. The summed E-state index contributed by atoms with van der Waals surface area (Å²) in [5.41, 5.74) is 3.78. The Morgan fingerprint density at radius 3 is 2.22 bits per heavy atom. The van der Waals surface area contributed by atoms with Crippen molar-refractivity contribution in [2.45, 2.75) is 12.8 Å². The number of carbonyl (C=O) groups is 2. The van der Waals surface area contributed by atoms with E-state index in [-0.39, 0.29) is 23.7 Å². The average Bonchev–Trinajstić information content (AvgIpc) is 3.38. The lowest BCUT2D eigenvalue weighted by molar-refractivity contribution is -0.135. The lowest BCUT2D eigenvalue weighted by Gasteiger charge is -2.38. The normalized spacial score (nSPS) is 19.7. The molecule has 0 bridgehead atoms. The van der Waals surface area contributed by atoms with Crippen LogP contribution in [0.4, 0.5) is 5.69 Å². The summed E-state index contributed by atoms with van der Waals surface area (Å²) in [6.45, 7) is 5.65. The van der Waals surface area contributed by atoms with Crippen molar-refractivity contribution < 1.29 is 14.3 Å². The number of rotatable bonds is 5. The van der Waals surface area contributed by atoms with Crippen molar-refractivity contribution in [3.05, 3.63) is 94.5 Å². The molecule has 0 aromatic heterocycles. The first-order valence-electron chi connectivity index (χ1n) is 12.7. The molecule has 0 saturated carbocycles. The topological polar surface area (TPSA) is 53.1 Å². The van der Waals surface area contributed by atoms with Crippen LogP contribution in [0.25, 0.3) is 0 Å².